The first-order chi connectivity index (χ1) is 7.73. The van der Waals surface area contributed by atoms with E-state index in [0.717, 1.165) is 7.11 Å². The van der Waals surface area contributed by atoms with Gasteiger partial charge in [-0.2, -0.15) is 13.2 Å². The molecule has 7 heteroatoms. The van der Waals surface area contributed by atoms with Crippen molar-refractivity contribution in [2.24, 2.45) is 0 Å². The molecular weight excluding hydrogens is 259 g/mol. The minimum absolute atomic E-state index is 0.0171. The van der Waals surface area contributed by atoms with E-state index in [0.29, 0.717) is 0 Å². The van der Waals surface area contributed by atoms with E-state index >= 15 is 0 Å². The normalized spacial score (nSPS) is 22.4. The molecule has 1 heterocycles. The lowest BCUT2D eigenvalue weighted by atomic mass is 9.90. The number of carbonyl (C=O) groups excluding carboxylic acids is 1. The van der Waals surface area contributed by atoms with Crippen molar-refractivity contribution in [2.75, 3.05) is 20.2 Å². The second kappa shape index (κ2) is 5.02. The average Bonchev–Trinajstić information content (AvgIpc) is 2.26. The zero-order valence-corrected chi connectivity index (χ0v) is 10.4. The lowest BCUT2D eigenvalue weighted by Crippen LogP contribution is -2.56. The number of hydrogen-bond acceptors (Lipinski definition) is 2. The van der Waals surface area contributed by atoms with Crippen LogP contribution < -0.4 is 0 Å². The number of carbonyl (C=O) groups is 1. The molecule has 1 unspecified atom stereocenters. The number of rotatable bonds is 2. The summed E-state index contributed by atoms with van der Waals surface area (Å²) in [4.78, 5) is 12.9. The van der Waals surface area contributed by atoms with E-state index in [1.165, 1.54) is 11.8 Å². The Labute approximate surface area is 103 Å². The summed E-state index contributed by atoms with van der Waals surface area (Å²) in [7, 11) is 1.05. The molecule has 0 spiro atoms. The van der Waals surface area contributed by atoms with Crippen LogP contribution in [-0.4, -0.2) is 48.2 Å². The van der Waals surface area contributed by atoms with Gasteiger partial charge in [0.1, 0.15) is 5.38 Å². The Morgan fingerprint density at radius 1 is 1.41 bits per heavy atom. The molecule has 1 aliphatic heterocycles. The topological polar surface area (TPSA) is 29.5 Å². The summed E-state index contributed by atoms with van der Waals surface area (Å²) < 4.78 is 43.1. The summed E-state index contributed by atoms with van der Waals surface area (Å²) in [6, 6.07) is 0. The van der Waals surface area contributed by atoms with Crippen LogP contribution >= 0.6 is 11.6 Å². The second-order valence-corrected chi connectivity index (χ2v) is 4.79. The predicted molar refractivity (Wildman–Crippen MR) is 56.9 cm³/mol. The standard InChI is InChI=1S/C10H15ClF3NO2/c1-7(11)8(16)15-5-3-9(17-2,4-6-15)10(12,13)14/h7H,3-6H2,1-2H3. The fourth-order valence-electron chi connectivity index (χ4n) is 1.94. The van der Waals surface area contributed by atoms with Crippen molar-refractivity contribution < 1.29 is 22.7 Å². The Kier molecular flexibility index (Phi) is 4.30. The van der Waals surface area contributed by atoms with Crippen LogP contribution in [0.5, 0.6) is 0 Å². The smallest absolute Gasteiger partial charge is 0.369 e. The minimum Gasteiger partial charge on any atom is -0.369 e. The van der Waals surface area contributed by atoms with Crippen LogP contribution in [0.25, 0.3) is 0 Å². The Hall–Kier alpha value is -0.490. The number of piperidine rings is 1. The van der Waals surface area contributed by atoms with Crippen LogP contribution in [-0.2, 0) is 9.53 Å². The first-order valence-corrected chi connectivity index (χ1v) is 5.72. The molecule has 0 aliphatic carbocycles. The molecule has 0 aromatic rings. The third kappa shape index (κ3) is 2.85. The van der Waals surface area contributed by atoms with Crippen molar-refractivity contribution in [3.63, 3.8) is 0 Å². The third-order valence-electron chi connectivity index (χ3n) is 3.13. The van der Waals surface area contributed by atoms with Crippen molar-refractivity contribution in [2.45, 2.75) is 36.9 Å². The number of alkyl halides is 4. The van der Waals surface area contributed by atoms with Gasteiger partial charge in [0.2, 0.25) is 5.91 Å². The Balaban J connectivity index is 2.69. The Morgan fingerprint density at radius 2 is 1.88 bits per heavy atom. The van der Waals surface area contributed by atoms with Crippen LogP contribution in [0.15, 0.2) is 0 Å². The quantitative estimate of drug-likeness (QED) is 0.722. The second-order valence-electron chi connectivity index (χ2n) is 4.14. The van der Waals surface area contributed by atoms with Crippen LogP contribution in [0, 0.1) is 0 Å². The maximum atomic E-state index is 12.8. The van der Waals surface area contributed by atoms with Gasteiger partial charge < -0.3 is 9.64 Å². The number of halogens is 4. The summed E-state index contributed by atoms with van der Waals surface area (Å²) in [6.45, 7) is 1.54. The summed E-state index contributed by atoms with van der Waals surface area (Å²) in [5.41, 5.74) is -2.13. The van der Waals surface area contributed by atoms with Gasteiger partial charge >= 0.3 is 6.18 Å². The SMILES string of the molecule is COC1(C(F)(F)F)CCN(C(=O)C(C)Cl)CC1. The molecule has 100 valence electrons. The number of amides is 1. The summed E-state index contributed by atoms with van der Waals surface area (Å²) in [5, 5.41) is -0.712. The molecule has 0 radical (unpaired) electrons. The third-order valence-corrected chi connectivity index (χ3v) is 3.32. The van der Waals surface area contributed by atoms with Gasteiger partial charge in [-0.25, -0.2) is 0 Å². The molecule has 0 N–H and O–H groups in total. The van der Waals surface area contributed by atoms with Crippen LogP contribution in [0.1, 0.15) is 19.8 Å². The fraction of sp³-hybridized carbons (Fsp3) is 0.900. The van der Waals surface area contributed by atoms with E-state index < -0.39 is 17.2 Å². The summed E-state index contributed by atoms with van der Waals surface area (Å²) in [6.07, 6.45) is -4.91. The molecule has 17 heavy (non-hydrogen) atoms. The number of likely N-dealkylation sites (tertiary alicyclic amines) is 1. The molecule has 0 aromatic heterocycles. The largest absolute Gasteiger partial charge is 0.417 e. The predicted octanol–water partition coefficient (Wildman–Crippen LogP) is 2.18. The Bertz CT molecular complexity index is 286. The molecule has 1 saturated heterocycles. The zero-order chi connectivity index (χ0) is 13.3. The van der Waals surface area contributed by atoms with E-state index in [1.54, 1.807) is 0 Å². The van der Waals surface area contributed by atoms with Crippen molar-refractivity contribution >= 4 is 17.5 Å². The van der Waals surface area contributed by atoms with Gasteiger partial charge in [0.15, 0.2) is 5.60 Å². The maximum Gasteiger partial charge on any atom is 0.417 e. The van der Waals surface area contributed by atoms with Gasteiger partial charge in [-0.05, 0) is 6.92 Å². The van der Waals surface area contributed by atoms with Gasteiger partial charge in [0.25, 0.3) is 0 Å². The van der Waals surface area contributed by atoms with Crippen molar-refractivity contribution in [1.82, 2.24) is 4.90 Å². The summed E-state index contributed by atoms with van der Waals surface area (Å²) >= 11 is 5.61. The van der Waals surface area contributed by atoms with Crippen molar-refractivity contribution in [1.29, 1.82) is 0 Å². The molecule has 1 rings (SSSR count). The monoisotopic (exact) mass is 273 g/mol. The van der Waals surface area contributed by atoms with E-state index in [4.69, 9.17) is 11.6 Å². The molecule has 1 aliphatic rings. The zero-order valence-electron chi connectivity index (χ0n) is 9.68. The molecule has 1 atom stereocenters. The van der Waals surface area contributed by atoms with E-state index in [2.05, 4.69) is 4.74 Å². The highest BCUT2D eigenvalue weighted by molar-refractivity contribution is 6.30. The van der Waals surface area contributed by atoms with Gasteiger partial charge in [0, 0.05) is 33.0 Å². The summed E-state index contributed by atoms with van der Waals surface area (Å²) in [5.74, 6) is -0.335. The maximum absolute atomic E-state index is 12.8. The highest BCUT2D eigenvalue weighted by Crippen LogP contribution is 2.41. The van der Waals surface area contributed by atoms with E-state index in [1.807, 2.05) is 0 Å². The highest BCUT2D eigenvalue weighted by Gasteiger charge is 2.56. The lowest BCUT2D eigenvalue weighted by Gasteiger charge is -2.41. The molecule has 0 aromatic carbocycles. The number of methoxy groups -OCH3 is 1. The molecule has 1 amide bonds. The molecular formula is C10H15ClF3NO2. The number of hydrogen-bond donors (Lipinski definition) is 0. The molecule has 0 saturated carbocycles. The van der Waals surface area contributed by atoms with Gasteiger partial charge in [-0.1, -0.05) is 0 Å². The number of ether oxygens (including phenoxy) is 1. The molecule has 1 fully saturated rings. The lowest BCUT2D eigenvalue weighted by molar-refractivity contribution is -0.281. The highest BCUT2D eigenvalue weighted by atomic mass is 35.5. The molecule has 0 bridgehead atoms. The fourth-order valence-corrected chi connectivity index (χ4v) is 2.08. The Morgan fingerprint density at radius 3 is 2.18 bits per heavy atom. The van der Waals surface area contributed by atoms with Crippen molar-refractivity contribution in [3.05, 3.63) is 0 Å². The van der Waals surface area contributed by atoms with Crippen LogP contribution in [0.4, 0.5) is 13.2 Å². The van der Waals surface area contributed by atoms with Gasteiger partial charge in [-0.3, -0.25) is 4.79 Å². The van der Waals surface area contributed by atoms with Crippen LogP contribution in [0.2, 0.25) is 0 Å². The average molecular weight is 274 g/mol. The molecule has 3 nitrogen and oxygen atoms in total. The van der Waals surface area contributed by atoms with Crippen LogP contribution in [0.3, 0.4) is 0 Å². The van der Waals surface area contributed by atoms with E-state index in [-0.39, 0.29) is 31.8 Å². The minimum atomic E-state index is -4.41. The first-order valence-electron chi connectivity index (χ1n) is 5.28. The van der Waals surface area contributed by atoms with E-state index in [9.17, 15) is 18.0 Å². The first kappa shape index (κ1) is 14.6. The van der Waals surface area contributed by atoms with Gasteiger partial charge in [0.05, 0.1) is 0 Å². The van der Waals surface area contributed by atoms with Gasteiger partial charge in [-0.15, -0.1) is 11.6 Å². The number of nitrogens with zero attached hydrogens (tertiary/aromatic N) is 1. The van der Waals surface area contributed by atoms with Crippen molar-refractivity contribution in [3.8, 4) is 0 Å².